The minimum Gasteiger partial charge on any atom is -0.324 e. The first kappa shape index (κ1) is 10.6. The summed E-state index contributed by atoms with van der Waals surface area (Å²) >= 11 is 9.49. The summed E-state index contributed by atoms with van der Waals surface area (Å²) in [6.07, 6.45) is 3.82. The second kappa shape index (κ2) is 4.04. The van der Waals surface area contributed by atoms with E-state index < -0.39 is 0 Å². The number of hydrogen-bond acceptors (Lipinski definition) is 1. The molecule has 1 heterocycles. The molecule has 0 aliphatic heterocycles. The molecule has 0 radical (unpaired) electrons. The van der Waals surface area contributed by atoms with Crippen LogP contribution in [0.3, 0.4) is 0 Å². The highest BCUT2D eigenvalue weighted by Crippen LogP contribution is 2.36. The molecule has 1 fully saturated rings. The largest absolute Gasteiger partial charge is 0.324 e. The lowest BCUT2D eigenvalue weighted by atomic mass is 9.92. The smallest absolute Gasteiger partial charge is 0.125 e. The van der Waals surface area contributed by atoms with Gasteiger partial charge in [0.25, 0.3) is 0 Å². The summed E-state index contributed by atoms with van der Waals surface area (Å²) in [5.41, 5.74) is 2.25. The van der Waals surface area contributed by atoms with E-state index in [1.807, 2.05) is 12.1 Å². The standard InChI is InChI=1S/C12H12BrClN2/c13-8-4-5-10-11(6-8)16(9-2-1-3-9)12(7-14)15-10/h4-6,9H,1-3,7H2. The summed E-state index contributed by atoms with van der Waals surface area (Å²) in [7, 11) is 0. The zero-order valence-corrected chi connectivity index (χ0v) is 11.1. The van der Waals surface area contributed by atoms with Crippen LogP contribution in [0.2, 0.25) is 0 Å². The summed E-state index contributed by atoms with van der Waals surface area (Å²) in [6, 6.07) is 6.81. The molecule has 1 aliphatic carbocycles. The number of halogens is 2. The molecule has 0 amide bonds. The van der Waals surface area contributed by atoms with E-state index in [2.05, 4.69) is 31.5 Å². The van der Waals surface area contributed by atoms with Gasteiger partial charge in [0.2, 0.25) is 0 Å². The maximum atomic E-state index is 5.97. The van der Waals surface area contributed by atoms with Gasteiger partial charge in [0.1, 0.15) is 5.82 Å². The van der Waals surface area contributed by atoms with Crippen molar-refractivity contribution in [1.82, 2.24) is 9.55 Å². The number of imidazole rings is 1. The summed E-state index contributed by atoms with van der Waals surface area (Å²) in [5.74, 6) is 1.49. The first-order valence-corrected chi connectivity index (χ1v) is 6.84. The quantitative estimate of drug-likeness (QED) is 0.758. The minimum absolute atomic E-state index is 0.489. The highest BCUT2D eigenvalue weighted by molar-refractivity contribution is 9.10. The van der Waals surface area contributed by atoms with Gasteiger partial charge in [-0.25, -0.2) is 4.98 Å². The van der Waals surface area contributed by atoms with Crippen molar-refractivity contribution in [3.63, 3.8) is 0 Å². The molecule has 16 heavy (non-hydrogen) atoms. The number of benzene rings is 1. The lowest BCUT2D eigenvalue weighted by Gasteiger charge is -2.28. The van der Waals surface area contributed by atoms with Crippen LogP contribution in [0.1, 0.15) is 31.1 Å². The van der Waals surface area contributed by atoms with E-state index in [0.717, 1.165) is 15.8 Å². The van der Waals surface area contributed by atoms with Crippen LogP contribution < -0.4 is 0 Å². The fourth-order valence-electron chi connectivity index (χ4n) is 2.26. The molecule has 0 saturated heterocycles. The number of nitrogens with zero attached hydrogens (tertiary/aromatic N) is 2. The SMILES string of the molecule is ClCc1nc2ccc(Br)cc2n1C1CCC1. The number of alkyl halides is 1. The van der Waals surface area contributed by atoms with Crippen LogP contribution in [0.4, 0.5) is 0 Å². The van der Waals surface area contributed by atoms with Crippen molar-refractivity contribution in [3.8, 4) is 0 Å². The van der Waals surface area contributed by atoms with Gasteiger partial charge in [-0.15, -0.1) is 11.6 Å². The van der Waals surface area contributed by atoms with Crippen LogP contribution >= 0.6 is 27.5 Å². The summed E-state index contributed by atoms with van der Waals surface area (Å²) in [6.45, 7) is 0. The Hall–Kier alpha value is -0.540. The summed E-state index contributed by atoms with van der Waals surface area (Å²) in [5, 5.41) is 0. The fourth-order valence-corrected chi connectivity index (χ4v) is 2.80. The second-order valence-corrected chi connectivity index (χ2v) is 5.43. The third kappa shape index (κ3) is 1.57. The Labute approximate surface area is 108 Å². The molecular weight excluding hydrogens is 288 g/mol. The van der Waals surface area contributed by atoms with Crippen LogP contribution in [0.15, 0.2) is 22.7 Å². The lowest BCUT2D eigenvalue weighted by molar-refractivity contribution is 0.315. The van der Waals surface area contributed by atoms with Crippen LogP contribution in [-0.2, 0) is 5.88 Å². The van der Waals surface area contributed by atoms with Gasteiger partial charge in [0.05, 0.1) is 16.9 Å². The monoisotopic (exact) mass is 298 g/mol. The highest BCUT2D eigenvalue weighted by atomic mass is 79.9. The number of rotatable bonds is 2. The molecule has 3 rings (SSSR count). The van der Waals surface area contributed by atoms with Crippen molar-refractivity contribution >= 4 is 38.6 Å². The van der Waals surface area contributed by atoms with E-state index in [1.165, 1.54) is 24.8 Å². The van der Waals surface area contributed by atoms with Crippen LogP contribution in [-0.4, -0.2) is 9.55 Å². The number of fused-ring (bicyclic) bond motifs is 1. The predicted molar refractivity (Wildman–Crippen MR) is 69.9 cm³/mol. The maximum absolute atomic E-state index is 5.97. The molecule has 4 heteroatoms. The molecule has 1 saturated carbocycles. The van der Waals surface area contributed by atoms with Gasteiger partial charge in [0.15, 0.2) is 0 Å². The van der Waals surface area contributed by atoms with Crippen LogP contribution in [0.5, 0.6) is 0 Å². The van der Waals surface area contributed by atoms with Gasteiger partial charge >= 0.3 is 0 Å². The third-order valence-electron chi connectivity index (χ3n) is 3.28. The molecule has 0 unspecified atom stereocenters. The zero-order valence-electron chi connectivity index (χ0n) is 8.79. The zero-order chi connectivity index (χ0) is 11.1. The van der Waals surface area contributed by atoms with Crippen molar-refractivity contribution in [3.05, 3.63) is 28.5 Å². The molecular formula is C12H12BrClN2. The molecule has 1 aromatic heterocycles. The van der Waals surface area contributed by atoms with Crippen molar-refractivity contribution in [2.75, 3.05) is 0 Å². The average molecular weight is 300 g/mol. The molecule has 2 nitrogen and oxygen atoms in total. The normalized spacial score (nSPS) is 16.6. The third-order valence-corrected chi connectivity index (χ3v) is 4.02. The van der Waals surface area contributed by atoms with E-state index in [0.29, 0.717) is 11.9 Å². The van der Waals surface area contributed by atoms with Crippen molar-refractivity contribution in [2.45, 2.75) is 31.2 Å². The first-order valence-electron chi connectivity index (χ1n) is 5.52. The van der Waals surface area contributed by atoms with Crippen molar-refractivity contribution in [2.24, 2.45) is 0 Å². The Morgan fingerprint density at radius 2 is 2.25 bits per heavy atom. The van der Waals surface area contributed by atoms with E-state index in [9.17, 15) is 0 Å². The molecule has 1 aliphatic rings. The van der Waals surface area contributed by atoms with Crippen LogP contribution in [0, 0.1) is 0 Å². The molecule has 0 spiro atoms. The molecule has 0 bridgehead atoms. The first-order chi connectivity index (χ1) is 7.79. The summed E-state index contributed by atoms with van der Waals surface area (Å²) in [4.78, 5) is 4.59. The van der Waals surface area contributed by atoms with E-state index >= 15 is 0 Å². The second-order valence-electron chi connectivity index (χ2n) is 4.25. The molecule has 0 N–H and O–H groups in total. The Morgan fingerprint density at radius 3 is 2.88 bits per heavy atom. The number of hydrogen-bond donors (Lipinski definition) is 0. The fraction of sp³-hybridized carbons (Fsp3) is 0.417. The van der Waals surface area contributed by atoms with Gasteiger partial charge in [-0.3, -0.25) is 0 Å². The summed E-state index contributed by atoms with van der Waals surface area (Å²) < 4.78 is 3.41. The topological polar surface area (TPSA) is 17.8 Å². The predicted octanol–water partition coefficient (Wildman–Crippen LogP) is 4.26. The minimum atomic E-state index is 0.489. The van der Waals surface area contributed by atoms with E-state index in [1.54, 1.807) is 0 Å². The molecule has 84 valence electrons. The lowest BCUT2D eigenvalue weighted by Crippen LogP contribution is -2.18. The highest BCUT2D eigenvalue weighted by Gasteiger charge is 2.24. The van der Waals surface area contributed by atoms with Gasteiger partial charge in [-0.1, -0.05) is 15.9 Å². The van der Waals surface area contributed by atoms with E-state index in [4.69, 9.17) is 11.6 Å². The van der Waals surface area contributed by atoms with Crippen molar-refractivity contribution in [1.29, 1.82) is 0 Å². The Kier molecular flexibility index (Phi) is 2.68. The van der Waals surface area contributed by atoms with Gasteiger partial charge in [0, 0.05) is 10.5 Å². The van der Waals surface area contributed by atoms with Crippen molar-refractivity contribution < 1.29 is 0 Å². The van der Waals surface area contributed by atoms with Gasteiger partial charge in [-0.05, 0) is 37.5 Å². The number of aromatic nitrogens is 2. The van der Waals surface area contributed by atoms with E-state index in [-0.39, 0.29) is 0 Å². The Morgan fingerprint density at radius 1 is 1.44 bits per heavy atom. The van der Waals surface area contributed by atoms with Crippen LogP contribution in [0.25, 0.3) is 11.0 Å². The molecule has 0 atom stereocenters. The van der Waals surface area contributed by atoms with Gasteiger partial charge < -0.3 is 4.57 Å². The average Bonchev–Trinajstić information content (AvgIpc) is 2.55. The Bertz CT molecular complexity index is 531. The molecule has 2 aromatic rings. The van der Waals surface area contributed by atoms with Gasteiger partial charge in [-0.2, -0.15) is 0 Å². The maximum Gasteiger partial charge on any atom is 0.125 e. The Balaban J connectivity index is 2.23. The molecule has 1 aromatic carbocycles.